The van der Waals surface area contributed by atoms with Gasteiger partial charge in [0, 0.05) is 23.9 Å². The number of hydrogen-bond acceptors (Lipinski definition) is 5. The molecule has 1 atom stereocenters. The normalized spacial score (nSPS) is 15.3. The third-order valence-corrected chi connectivity index (χ3v) is 2.41. The monoisotopic (exact) mass is 267 g/mol. The molecule has 0 aliphatic carbocycles. The Bertz CT molecular complexity index is 360. The SMILES string of the molecule is C=NC(C=C(N)/C=C(\C)ON)=NC(C)CCCNC. The Morgan fingerprint density at radius 3 is 2.68 bits per heavy atom. The summed E-state index contributed by atoms with van der Waals surface area (Å²) in [7, 11) is 1.93. The molecule has 0 saturated carbocycles. The molecule has 0 saturated heterocycles. The molecular formula is C13H25N5O. The highest BCUT2D eigenvalue weighted by atomic mass is 16.6. The summed E-state index contributed by atoms with van der Waals surface area (Å²) in [6.07, 6.45) is 5.29. The summed E-state index contributed by atoms with van der Waals surface area (Å²) in [6, 6.07) is 0.175. The van der Waals surface area contributed by atoms with Gasteiger partial charge in [-0.15, -0.1) is 0 Å². The van der Waals surface area contributed by atoms with Crippen molar-refractivity contribution < 1.29 is 4.84 Å². The quantitative estimate of drug-likeness (QED) is 0.153. The van der Waals surface area contributed by atoms with Gasteiger partial charge >= 0.3 is 0 Å². The Morgan fingerprint density at radius 1 is 1.47 bits per heavy atom. The zero-order valence-corrected chi connectivity index (χ0v) is 12.0. The van der Waals surface area contributed by atoms with E-state index in [1.54, 1.807) is 19.1 Å². The molecule has 0 heterocycles. The van der Waals surface area contributed by atoms with Crippen molar-refractivity contribution in [3.63, 3.8) is 0 Å². The smallest absolute Gasteiger partial charge is 0.148 e. The molecule has 0 aromatic carbocycles. The molecule has 0 aliphatic rings. The molecule has 0 radical (unpaired) electrons. The predicted octanol–water partition coefficient (Wildman–Crippen LogP) is 1.11. The fourth-order valence-corrected chi connectivity index (χ4v) is 1.45. The lowest BCUT2D eigenvalue weighted by atomic mass is 10.2. The molecular weight excluding hydrogens is 242 g/mol. The van der Waals surface area contributed by atoms with Gasteiger partial charge in [-0.05, 0) is 47.0 Å². The highest BCUT2D eigenvalue weighted by molar-refractivity contribution is 5.96. The zero-order valence-electron chi connectivity index (χ0n) is 12.0. The first-order valence-corrected chi connectivity index (χ1v) is 6.24. The van der Waals surface area contributed by atoms with Crippen molar-refractivity contribution in [3.8, 4) is 0 Å². The van der Waals surface area contributed by atoms with Gasteiger partial charge in [-0.25, -0.2) is 4.99 Å². The number of aliphatic imine (C=N–C) groups is 2. The highest BCUT2D eigenvalue weighted by Crippen LogP contribution is 2.03. The molecule has 1 unspecified atom stereocenters. The molecule has 0 aromatic heterocycles. The van der Waals surface area contributed by atoms with Gasteiger partial charge in [0.1, 0.15) is 11.6 Å². The van der Waals surface area contributed by atoms with Crippen molar-refractivity contribution in [1.82, 2.24) is 5.32 Å². The summed E-state index contributed by atoms with van der Waals surface area (Å²) in [5, 5.41) is 3.10. The van der Waals surface area contributed by atoms with E-state index in [0.717, 1.165) is 19.4 Å². The standard InChI is InChI=1S/C13H25N5O/c1-10(6-5-7-16-3)18-13(17-4)9-12(14)8-11(2)19-15/h8-10,16H,4-7,14-15H2,1-3H3/b11-8+,12-9?,18-13?. The van der Waals surface area contributed by atoms with Crippen molar-refractivity contribution in [2.75, 3.05) is 13.6 Å². The van der Waals surface area contributed by atoms with Crippen LogP contribution in [0, 0.1) is 0 Å². The average molecular weight is 267 g/mol. The van der Waals surface area contributed by atoms with Gasteiger partial charge in [0.2, 0.25) is 0 Å². The Kier molecular flexibility index (Phi) is 9.38. The predicted molar refractivity (Wildman–Crippen MR) is 80.9 cm³/mol. The Balaban J connectivity index is 4.63. The Morgan fingerprint density at radius 2 is 2.16 bits per heavy atom. The van der Waals surface area contributed by atoms with Gasteiger partial charge in [-0.2, -0.15) is 5.90 Å². The number of rotatable bonds is 8. The van der Waals surface area contributed by atoms with E-state index in [1.165, 1.54) is 0 Å². The third kappa shape index (κ3) is 8.98. The second-order valence-electron chi connectivity index (χ2n) is 4.26. The first-order valence-electron chi connectivity index (χ1n) is 6.24. The fraction of sp³-hybridized carbons (Fsp3) is 0.538. The van der Waals surface area contributed by atoms with Crippen LogP contribution in [0.15, 0.2) is 33.6 Å². The zero-order chi connectivity index (χ0) is 14.7. The maximum absolute atomic E-state index is 5.79. The fourth-order valence-electron chi connectivity index (χ4n) is 1.45. The Labute approximate surface area is 115 Å². The van der Waals surface area contributed by atoms with E-state index < -0.39 is 0 Å². The number of nitrogens with zero attached hydrogens (tertiary/aromatic N) is 2. The number of amidine groups is 1. The first kappa shape index (κ1) is 17.3. The first-order chi connectivity index (χ1) is 9.03. The van der Waals surface area contributed by atoms with Crippen molar-refractivity contribution in [2.45, 2.75) is 32.7 Å². The molecule has 0 fully saturated rings. The topological polar surface area (TPSA) is 98.0 Å². The van der Waals surface area contributed by atoms with Gasteiger partial charge < -0.3 is 15.9 Å². The second kappa shape index (κ2) is 10.3. The van der Waals surface area contributed by atoms with E-state index in [1.807, 2.05) is 14.0 Å². The lowest BCUT2D eigenvalue weighted by Crippen LogP contribution is -2.11. The van der Waals surface area contributed by atoms with Gasteiger partial charge in [-0.1, -0.05) is 0 Å². The van der Waals surface area contributed by atoms with Crippen LogP contribution in [0.3, 0.4) is 0 Å². The van der Waals surface area contributed by atoms with Crippen molar-refractivity contribution in [1.29, 1.82) is 0 Å². The maximum atomic E-state index is 5.79. The number of allylic oxidation sites excluding steroid dienone is 2. The van der Waals surface area contributed by atoms with Crippen LogP contribution in [-0.4, -0.2) is 32.2 Å². The number of hydrogen-bond donors (Lipinski definition) is 3. The molecule has 0 rings (SSSR count). The van der Waals surface area contributed by atoms with Crippen LogP contribution < -0.4 is 16.9 Å². The molecule has 6 nitrogen and oxygen atoms in total. The molecule has 5 N–H and O–H groups in total. The van der Waals surface area contributed by atoms with Crippen LogP contribution in [0.25, 0.3) is 0 Å². The van der Waals surface area contributed by atoms with Gasteiger partial charge in [0.05, 0.1) is 0 Å². The lowest BCUT2D eigenvalue weighted by molar-refractivity contribution is 0.222. The number of nitrogens with two attached hydrogens (primary N) is 2. The van der Waals surface area contributed by atoms with Crippen molar-refractivity contribution >= 4 is 12.6 Å². The highest BCUT2D eigenvalue weighted by Gasteiger charge is 2.01. The van der Waals surface area contributed by atoms with E-state index in [-0.39, 0.29) is 6.04 Å². The van der Waals surface area contributed by atoms with E-state index >= 15 is 0 Å². The van der Waals surface area contributed by atoms with Crippen LogP contribution >= 0.6 is 0 Å². The van der Waals surface area contributed by atoms with Gasteiger partial charge in [0.25, 0.3) is 0 Å². The van der Waals surface area contributed by atoms with Crippen LogP contribution in [0.1, 0.15) is 26.7 Å². The van der Waals surface area contributed by atoms with E-state index in [2.05, 4.69) is 26.9 Å². The minimum Gasteiger partial charge on any atom is -0.416 e. The minimum absolute atomic E-state index is 0.175. The summed E-state index contributed by atoms with van der Waals surface area (Å²) in [5.74, 6) is 6.03. The third-order valence-electron chi connectivity index (χ3n) is 2.41. The summed E-state index contributed by atoms with van der Waals surface area (Å²) >= 11 is 0. The van der Waals surface area contributed by atoms with Crippen LogP contribution in [0.2, 0.25) is 0 Å². The van der Waals surface area contributed by atoms with E-state index in [4.69, 9.17) is 11.6 Å². The Hall–Kier alpha value is -1.66. The summed E-state index contributed by atoms with van der Waals surface area (Å²) < 4.78 is 0. The average Bonchev–Trinajstić information content (AvgIpc) is 2.37. The van der Waals surface area contributed by atoms with Crippen molar-refractivity contribution in [3.05, 3.63) is 23.6 Å². The van der Waals surface area contributed by atoms with Crippen molar-refractivity contribution in [2.24, 2.45) is 21.6 Å². The molecule has 0 spiro atoms. The molecule has 0 aromatic rings. The molecule has 0 amide bonds. The van der Waals surface area contributed by atoms with E-state index in [9.17, 15) is 0 Å². The second-order valence-corrected chi connectivity index (χ2v) is 4.26. The number of nitrogens with one attached hydrogen (secondary N) is 1. The lowest BCUT2D eigenvalue weighted by Gasteiger charge is -2.06. The maximum Gasteiger partial charge on any atom is 0.148 e. The molecule has 6 heteroatoms. The molecule has 0 bridgehead atoms. The largest absolute Gasteiger partial charge is 0.416 e. The van der Waals surface area contributed by atoms with Crippen LogP contribution in [0.4, 0.5) is 0 Å². The summed E-state index contributed by atoms with van der Waals surface area (Å²) in [6.45, 7) is 8.21. The molecule has 19 heavy (non-hydrogen) atoms. The summed E-state index contributed by atoms with van der Waals surface area (Å²) in [4.78, 5) is 12.8. The van der Waals surface area contributed by atoms with Crippen LogP contribution in [0.5, 0.6) is 0 Å². The minimum atomic E-state index is 0.175. The summed E-state index contributed by atoms with van der Waals surface area (Å²) in [5.41, 5.74) is 6.26. The van der Waals surface area contributed by atoms with Crippen LogP contribution in [-0.2, 0) is 4.84 Å². The van der Waals surface area contributed by atoms with E-state index in [0.29, 0.717) is 17.3 Å². The van der Waals surface area contributed by atoms with Gasteiger partial charge in [0.15, 0.2) is 0 Å². The van der Waals surface area contributed by atoms with Gasteiger partial charge in [-0.3, -0.25) is 4.99 Å². The molecule has 108 valence electrons. The molecule has 0 aliphatic heterocycles.